The van der Waals surface area contributed by atoms with E-state index in [1.807, 2.05) is 10.6 Å². The fourth-order valence-corrected chi connectivity index (χ4v) is 2.83. The molecule has 0 saturated carbocycles. The van der Waals surface area contributed by atoms with E-state index in [9.17, 15) is 10.2 Å². The third-order valence-corrected chi connectivity index (χ3v) is 3.78. The van der Waals surface area contributed by atoms with Crippen molar-refractivity contribution < 1.29 is 10.2 Å². The van der Waals surface area contributed by atoms with Crippen LogP contribution in [0.5, 0.6) is 5.88 Å². The molecule has 1 aromatic carbocycles. The van der Waals surface area contributed by atoms with Gasteiger partial charge in [0.2, 0.25) is 0 Å². The molecule has 2 heterocycles. The van der Waals surface area contributed by atoms with Gasteiger partial charge in [0.15, 0.2) is 5.88 Å². The van der Waals surface area contributed by atoms with Gasteiger partial charge in [-0.25, -0.2) is 0 Å². The van der Waals surface area contributed by atoms with Gasteiger partial charge in [-0.15, -0.1) is 0 Å². The zero-order chi connectivity index (χ0) is 12.7. The Balaban J connectivity index is 2.37. The van der Waals surface area contributed by atoms with Crippen molar-refractivity contribution in [3.63, 3.8) is 0 Å². The van der Waals surface area contributed by atoms with Gasteiger partial charge in [0.05, 0.1) is 6.61 Å². The number of hydrogen-bond acceptors (Lipinski definition) is 3. The molecule has 0 amide bonds. The van der Waals surface area contributed by atoms with Gasteiger partial charge in [0, 0.05) is 36.1 Å². The number of benzene rings is 1. The van der Waals surface area contributed by atoms with E-state index in [0.717, 1.165) is 48.1 Å². The molecular weight excluding hydrogens is 228 g/mol. The molecular formula is C14H18N2O2. The lowest BCUT2D eigenvalue weighted by atomic mass is 10.0. The monoisotopic (exact) mass is 246 g/mol. The van der Waals surface area contributed by atoms with Gasteiger partial charge >= 0.3 is 0 Å². The lowest BCUT2D eigenvalue weighted by Crippen LogP contribution is -2.27. The van der Waals surface area contributed by atoms with Gasteiger partial charge in [0.1, 0.15) is 0 Å². The maximum atomic E-state index is 10.3. The van der Waals surface area contributed by atoms with E-state index >= 15 is 0 Å². The van der Waals surface area contributed by atoms with Crippen LogP contribution in [0.4, 0.5) is 0 Å². The summed E-state index contributed by atoms with van der Waals surface area (Å²) in [5.41, 5.74) is 3.15. The number of aryl methyl sites for hydroxylation is 1. The molecule has 0 radical (unpaired) electrons. The fraction of sp³-hybridized carbons (Fsp3) is 0.429. The molecule has 4 nitrogen and oxygen atoms in total. The third kappa shape index (κ3) is 1.53. The summed E-state index contributed by atoms with van der Waals surface area (Å²) in [6.07, 6.45) is 0.932. The van der Waals surface area contributed by atoms with Gasteiger partial charge in [-0.3, -0.25) is 0 Å². The first-order valence-electron chi connectivity index (χ1n) is 6.43. The van der Waals surface area contributed by atoms with Crippen LogP contribution in [0.3, 0.4) is 0 Å². The predicted molar refractivity (Wildman–Crippen MR) is 70.6 cm³/mol. The summed E-state index contributed by atoms with van der Waals surface area (Å²) in [5.74, 6) is 0.299. The van der Waals surface area contributed by atoms with Crippen molar-refractivity contribution in [2.75, 3.05) is 6.54 Å². The first-order valence-corrected chi connectivity index (χ1v) is 6.43. The highest BCUT2D eigenvalue weighted by molar-refractivity contribution is 5.94. The lowest BCUT2D eigenvalue weighted by Gasteiger charge is -2.17. The Kier molecular flexibility index (Phi) is 2.76. The van der Waals surface area contributed by atoms with Gasteiger partial charge in [-0.2, -0.15) is 0 Å². The van der Waals surface area contributed by atoms with Crippen molar-refractivity contribution in [2.24, 2.45) is 0 Å². The average molecular weight is 246 g/mol. The van der Waals surface area contributed by atoms with Crippen molar-refractivity contribution in [1.82, 2.24) is 9.88 Å². The van der Waals surface area contributed by atoms with Crippen molar-refractivity contribution in [2.45, 2.75) is 33.0 Å². The van der Waals surface area contributed by atoms with E-state index in [1.165, 1.54) is 5.56 Å². The second-order valence-electron chi connectivity index (χ2n) is 4.79. The van der Waals surface area contributed by atoms with E-state index in [-0.39, 0.29) is 6.61 Å². The van der Waals surface area contributed by atoms with Crippen molar-refractivity contribution in [3.8, 4) is 5.88 Å². The number of aromatic nitrogens is 1. The standard InChI is InChI=1S/C14H18N2O2/c1-2-9-5-10(8-17)13-11(6-9)12-7-15-3-4-16(12)14(13)18/h5-6,15,17-18H,2-4,7-8H2,1H3. The van der Waals surface area contributed by atoms with Crippen molar-refractivity contribution in [3.05, 3.63) is 29.0 Å². The summed E-state index contributed by atoms with van der Waals surface area (Å²) < 4.78 is 1.96. The summed E-state index contributed by atoms with van der Waals surface area (Å²) in [6, 6.07) is 4.12. The fourth-order valence-electron chi connectivity index (χ4n) is 2.83. The average Bonchev–Trinajstić information content (AvgIpc) is 2.72. The summed E-state index contributed by atoms with van der Waals surface area (Å²) in [5, 5.41) is 25.1. The SMILES string of the molecule is CCc1cc(CO)c2c(O)n3c(c2c1)CNCC3. The van der Waals surface area contributed by atoms with E-state index in [2.05, 4.69) is 18.3 Å². The minimum absolute atomic E-state index is 0.0330. The molecule has 3 rings (SSSR count). The molecule has 0 unspecified atom stereocenters. The quantitative estimate of drug-likeness (QED) is 0.752. The molecule has 1 aliphatic rings. The topological polar surface area (TPSA) is 57.4 Å². The van der Waals surface area contributed by atoms with E-state index in [4.69, 9.17) is 0 Å². The highest BCUT2D eigenvalue weighted by Crippen LogP contribution is 2.36. The van der Waals surface area contributed by atoms with Crippen LogP contribution in [0.25, 0.3) is 10.8 Å². The maximum Gasteiger partial charge on any atom is 0.199 e. The Morgan fingerprint density at radius 3 is 2.94 bits per heavy atom. The molecule has 0 atom stereocenters. The third-order valence-electron chi connectivity index (χ3n) is 3.78. The van der Waals surface area contributed by atoms with Crippen LogP contribution < -0.4 is 5.32 Å². The summed E-state index contributed by atoms with van der Waals surface area (Å²) >= 11 is 0. The predicted octanol–water partition coefficient (Wildman–Crippen LogP) is 1.50. The van der Waals surface area contributed by atoms with Crippen molar-refractivity contribution in [1.29, 1.82) is 0 Å². The van der Waals surface area contributed by atoms with E-state index in [0.29, 0.717) is 5.88 Å². The Hall–Kier alpha value is -1.52. The zero-order valence-corrected chi connectivity index (χ0v) is 10.5. The number of hydrogen-bond donors (Lipinski definition) is 3. The molecule has 96 valence electrons. The summed E-state index contributed by atoms with van der Waals surface area (Å²) in [4.78, 5) is 0. The normalized spacial score (nSPS) is 15.0. The number of aromatic hydroxyl groups is 1. The second-order valence-corrected chi connectivity index (χ2v) is 4.79. The number of rotatable bonds is 2. The summed E-state index contributed by atoms with van der Waals surface area (Å²) in [6.45, 7) is 4.49. The molecule has 0 aliphatic carbocycles. The minimum Gasteiger partial charge on any atom is -0.494 e. The van der Waals surface area contributed by atoms with Gasteiger partial charge in [-0.05, 0) is 23.6 Å². The smallest absolute Gasteiger partial charge is 0.199 e. The molecule has 1 aliphatic heterocycles. The number of nitrogens with one attached hydrogen (secondary N) is 1. The molecule has 3 N–H and O–H groups in total. The number of aliphatic hydroxyl groups excluding tert-OH is 1. The molecule has 0 saturated heterocycles. The van der Waals surface area contributed by atoms with Crippen LogP contribution in [0.1, 0.15) is 23.7 Å². The van der Waals surface area contributed by atoms with Crippen LogP contribution in [0, 0.1) is 0 Å². The Morgan fingerprint density at radius 1 is 1.39 bits per heavy atom. The van der Waals surface area contributed by atoms with Gasteiger partial charge < -0.3 is 20.1 Å². The van der Waals surface area contributed by atoms with Crippen LogP contribution in [-0.4, -0.2) is 21.3 Å². The maximum absolute atomic E-state index is 10.3. The molecule has 2 aromatic rings. The minimum atomic E-state index is -0.0330. The molecule has 0 spiro atoms. The van der Waals surface area contributed by atoms with E-state index in [1.54, 1.807) is 0 Å². The van der Waals surface area contributed by atoms with Crippen LogP contribution in [0.15, 0.2) is 12.1 Å². The number of fused-ring (bicyclic) bond motifs is 3. The van der Waals surface area contributed by atoms with Crippen LogP contribution >= 0.6 is 0 Å². The Morgan fingerprint density at radius 2 is 2.22 bits per heavy atom. The highest BCUT2D eigenvalue weighted by Gasteiger charge is 2.21. The van der Waals surface area contributed by atoms with Gasteiger partial charge in [0.25, 0.3) is 0 Å². The van der Waals surface area contributed by atoms with Crippen LogP contribution in [0.2, 0.25) is 0 Å². The number of nitrogens with zero attached hydrogens (tertiary/aromatic N) is 1. The first-order chi connectivity index (χ1) is 8.76. The lowest BCUT2D eigenvalue weighted by molar-refractivity contribution is 0.282. The molecule has 0 bridgehead atoms. The largest absolute Gasteiger partial charge is 0.494 e. The molecule has 18 heavy (non-hydrogen) atoms. The van der Waals surface area contributed by atoms with Gasteiger partial charge in [-0.1, -0.05) is 13.0 Å². The molecule has 1 aromatic heterocycles. The molecule has 4 heteroatoms. The number of aliphatic hydroxyl groups is 1. The molecule has 0 fully saturated rings. The summed E-state index contributed by atoms with van der Waals surface area (Å²) in [7, 11) is 0. The highest BCUT2D eigenvalue weighted by atomic mass is 16.3. The van der Waals surface area contributed by atoms with Crippen LogP contribution in [-0.2, 0) is 26.1 Å². The van der Waals surface area contributed by atoms with E-state index < -0.39 is 0 Å². The Bertz CT molecular complexity index is 602. The Labute approximate surface area is 106 Å². The van der Waals surface area contributed by atoms with Crippen molar-refractivity contribution >= 4 is 10.8 Å². The first kappa shape index (κ1) is 11.6. The zero-order valence-electron chi connectivity index (χ0n) is 10.5. The second kappa shape index (κ2) is 4.30.